The van der Waals surface area contributed by atoms with E-state index in [0.717, 1.165) is 38.8 Å². The number of amides is 2. The molecule has 188 valence electrons. The van der Waals surface area contributed by atoms with Crippen LogP contribution in [0.2, 0.25) is 0 Å². The van der Waals surface area contributed by atoms with Gasteiger partial charge in [0.05, 0.1) is 0 Å². The first kappa shape index (κ1) is 24.8. The van der Waals surface area contributed by atoms with Crippen LogP contribution in [0.15, 0.2) is 18.2 Å². The van der Waals surface area contributed by atoms with Gasteiger partial charge in [-0.2, -0.15) is 0 Å². The molecule has 0 unspecified atom stereocenters. The molecule has 0 spiro atoms. The third-order valence-electron chi connectivity index (χ3n) is 9.21. The summed E-state index contributed by atoms with van der Waals surface area (Å²) in [7, 11) is 2.07. The minimum atomic E-state index is -0.315. The van der Waals surface area contributed by atoms with Crippen molar-refractivity contribution in [1.82, 2.24) is 15.1 Å². The molecule has 1 heterocycles. The monoisotopic (exact) mass is 471 g/mol. The van der Waals surface area contributed by atoms with Crippen molar-refractivity contribution in [3.05, 3.63) is 23.8 Å². The first-order chi connectivity index (χ1) is 15.9. The Morgan fingerprint density at radius 2 is 1.62 bits per heavy atom. The Labute approximate surface area is 203 Å². The van der Waals surface area contributed by atoms with Gasteiger partial charge in [0.15, 0.2) is 5.78 Å². The number of hydrogen-bond acceptors (Lipinski definition) is 5. The summed E-state index contributed by atoms with van der Waals surface area (Å²) in [6.45, 7) is 12.1. The first-order valence-corrected chi connectivity index (χ1v) is 12.7. The lowest BCUT2D eigenvalue weighted by atomic mass is 9.45. The Kier molecular flexibility index (Phi) is 6.62. The second-order valence-corrected chi connectivity index (χ2v) is 11.9. The van der Waals surface area contributed by atoms with Crippen molar-refractivity contribution < 1.29 is 19.8 Å². The van der Waals surface area contributed by atoms with Crippen LogP contribution in [0.5, 0.6) is 11.5 Å². The zero-order valence-electron chi connectivity index (χ0n) is 21.3. The van der Waals surface area contributed by atoms with Crippen LogP contribution < -0.4 is 5.32 Å². The smallest absolute Gasteiger partial charge is 0.317 e. The van der Waals surface area contributed by atoms with Gasteiger partial charge < -0.3 is 25.3 Å². The van der Waals surface area contributed by atoms with E-state index >= 15 is 0 Å². The van der Waals surface area contributed by atoms with Crippen molar-refractivity contribution in [2.75, 3.05) is 33.2 Å². The van der Waals surface area contributed by atoms with E-state index in [1.807, 2.05) is 4.90 Å². The van der Waals surface area contributed by atoms with Gasteiger partial charge in [0, 0.05) is 49.8 Å². The fourth-order valence-electron chi connectivity index (χ4n) is 7.33. The molecule has 1 aromatic carbocycles. The predicted octanol–water partition coefficient (Wildman–Crippen LogP) is 4.09. The van der Waals surface area contributed by atoms with E-state index in [9.17, 15) is 19.8 Å². The number of fused-ring (bicyclic) bond motifs is 1. The predicted molar refractivity (Wildman–Crippen MR) is 132 cm³/mol. The number of Topliss-reactive ketones (excluding diaryl/α,β-unsaturated/α-hetero) is 1. The first-order valence-electron chi connectivity index (χ1n) is 12.7. The fraction of sp³-hybridized carbons (Fsp3) is 0.704. The van der Waals surface area contributed by atoms with Gasteiger partial charge in [0.2, 0.25) is 0 Å². The molecule has 2 amide bonds. The molecular weight excluding hydrogens is 430 g/mol. The number of ketones is 1. The number of nitrogens with one attached hydrogen (secondary N) is 1. The third-order valence-corrected chi connectivity index (χ3v) is 9.21. The number of likely N-dealkylation sites (N-methyl/N-ethyl adjacent to an activating group) is 1. The lowest BCUT2D eigenvalue weighted by Gasteiger charge is -2.60. The van der Waals surface area contributed by atoms with Crippen LogP contribution in [0.3, 0.4) is 0 Å². The SMILES string of the molecule is C[C@H]1[C@H](NC(=O)N2CCN(C)CC2)C[C@H]2C(C)(C)CCC[C@]2(C)[C@H]1C(=O)c1cc(O)cc(O)c1. The molecule has 4 rings (SSSR count). The number of carbonyl (C=O) groups excluding carboxylic acids is 2. The average Bonchev–Trinajstić information content (AvgIpc) is 2.74. The van der Waals surface area contributed by atoms with E-state index in [1.54, 1.807) is 0 Å². The van der Waals surface area contributed by atoms with Crippen LogP contribution in [0, 0.1) is 28.6 Å². The molecule has 1 saturated heterocycles. The van der Waals surface area contributed by atoms with E-state index in [2.05, 4.69) is 45.0 Å². The number of rotatable bonds is 3. The maximum Gasteiger partial charge on any atom is 0.317 e. The van der Waals surface area contributed by atoms with Crippen LogP contribution in [0.25, 0.3) is 0 Å². The maximum absolute atomic E-state index is 14.0. The average molecular weight is 472 g/mol. The van der Waals surface area contributed by atoms with Crippen molar-refractivity contribution in [3.8, 4) is 11.5 Å². The van der Waals surface area contributed by atoms with E-state index in [-0.39, 0.29) is 57.9 Å². The molecule has 1 aliphatic heterocycles. The summed E-state index contributed by atoms with van der Waals surface area (Å²) in [5.41, 5.74) is 0.182. The van der Waals surface area contributed by atoms with Gasteiger partial charge in [0.1, 0.15) is 11.5 Å². The standard InChI is InChI=1S/C27H41N3O4/c1-17-21(28-25(34)30-11-9-29(5)10-12-30)16-22-26(2,3)7-6-8-27(22,4)23(17)24(33)18-13-19(31)15-20(32)14-18/h13-15,17,21-23,31-32H,6-12,16H2,1-5H3,(H,28,34)/t17-,21+,22-,23+,27-/m0/s1. The Hall–Kier alpha value is -2.28. The van der Waals surface area contributed by atoms with Crippen molar-refractivity contribution >= 4 is 11.8 Å². The summed E-state index contributed by atoms with van der Waals surface area (Å²) >= 11 is 0. The number of phenolic OH excluding ortho intramolecular Hbond substituents is 2. The molecule has 3 fully saturated rings. The highest BCUT2D eigenvalue weighted by atomic mass is 16.3. The third kappa shape index (κ3) is 4.51. The molecule has 2 saturated carbocycles. The number of nitrogens with zero attached hydrogens (tertiary/aromatic N) is 2. The minimum absolute atomic E-state index is 0.0385. The van der Waals surface area contributed by atoms with E-state index < -0.39 is 0 Å². The summed E-state index contributed by atoms with van der Waals surface area (Å²) in [6.07, 6.45) is 4.00. The van der Waals surface area contributed by atoms with Crippen LogP contribution in [-0.2, 0) is 0 Å². The highest BCUT2D eigenvalue weighted by Crippen LogP contribution is 2.61. The Morgan fingerprint density at radius 3 is 2.24 bits per heavy atom. The Balaban J connectivity index is 1.66. The molecule has 5 atom stereocenters. The molecule has 3 aliphatic rings. The summed E-state index contributed by atoms with van der Waals surface area (Å²) in [5.74, 6) is -0.381. The molecule has 0 bridgehead atoms. The molecule has 3 N–H and O–H groups in total. The highest BCUT2D eigenvalue weighted by Gasteiger charge is 2.58. The molecule has 7 nitrogen and oxygen atoms in total. The molecule has 1 aromatic rings. The van der Waals surface area contributed by atoms with Gasteiger partial charge in [-0.3, -0.25) is 4.79 Å². The number of hydrogen-bond donors (Lipinski definition) is 3. The van der Waals surface area contributed by atoms with Crippen LogP contribution >= 0.6 is 0 Å². The lowest BCUT2D eigenvalue weighted by molar-refractivity contribution is -0.0903. The number of benzene rings is 1. The summed E-state index contributed by atoms with van der Waals surface area (Å²) < 4.78 is 0. The normalized spacial score (nSPS) is 33.7. The second kappa shape index (κ2) is 9.06. The van der Waals surface area contributed by atoms with Crippen molar-refractivity contribution in [3.63, 3.8) is 0 Å². The quantitative estimate of drug-likeness (QED) is 0.578. The maximum atomic E-state index is 14.0. The Bertz CT molecular complexity index is 920. The van der Waals surface area contributed by atoms with Crippen LogP contribution in [-0.4, -0.2) is 71.1 Å². The Morgan fingerprint density at radius 1 is 1.00 bits per heavy atom. The van der Waals surface area contributed by atoms with E-state index in [4.69, 9.17) is 0 Å². The number of urea groups is 1. The van der Waals surface area contributed by atoms with E-state index in [1.165, 1.54) is 18.2 Å². The summed E-state index contributed by atoms with van der Waals surface area (Å²) in [5, 5.41) is 23.4. The van der Waals surface area contributed by atoms with Gasteiger partial charge in [-0.05, 0) is 61.1 Å². The van der Waals surface area contributed by atoms with Gasteiger partial charge in [-0.1, -0.05) is 34.1 Å². The fourth-order valence-corrected chi connectivity index (χ4v) is 7.33. The summed E-state index contributed by atoms with van der Waals surface area (Å²) in [4.78, 5) is 31.3. The van der Waals surface area contributed by atoms with Gasteiger partial charge >= 0.3 is 6.03 Å². The van der Waals surface area contributed by atoms with Gasteiger partial charge in [-0.15, -0.1) is 0 Å². The number of aromatic hydroxyl groups is 2. The van der Waals surface area contributed by atoms with Gasteiger partial charge in [0.25, 0.3) is 0 Å². The number of carbonyl (C=O) groups is 2. The topological polar surface area (TPSA) is 93.1 Å². The van der Waals surface area contributed by atoms with Gasteiger partial charge in [-0.25, -0.2) is 4.79 Å². The molecule has 2 aliphatic carbocycles. The highest BCUT2D eigenvalue weighted by molar-refractivity contribution is 5.99. The van der Waals surface area contributed by atoms with Crippen molar-refractivity contribution in [2.45, 2.75) is 59.4 Å². The molecule has 7 heteroatoms. The molecular formula is C27H41N3O4. The molecule has 0 radical (unpaired) electrons. The summed E-state index contributed by atoms with van der Waals surface area (Å²) in [6, 6.07) is 4.00. The lowest BCUT2D eigenvalue weighted by Crippen LogP contribution is -2.62. The van der Waals surface area contributed by atoms with Crippen LogP contribution in [0.1, 0.15) is 63.7 Å². The van der Waals surface area contributed by atoms with E-state index in [0.29, 0.717) is 18.7 Å². The zero-order valence-corrected chi connectivity index (χ0v) is 21.3. The van der Waals surface area contributed by atoms with Crippen molar-refractivity contribution in [1.29, 1.82) is 0 Å². The second-order valence-electron chi connectivity index (χ2n) is 11.9. The molecule has 34 heavy (non-hydrogen) atoms. The van der Waals surface area contributed by atoms with Crippen LogP contribution in [0.4, 0.5) is 4.79 Å². The largest absolute Gasteiger partial charge is 0.508 e. The van der Waals surface area contributed by atoms with Crippen molar-refractivity contribution in [2.24, 2.45) is 28.6 Å². The molecule has 0 aromatic heterocycles. The minimum Gasteiger partial charge on any atom is -0.508 e. The zero-order chi connectivity index (χ0) is 24.8. The number of piperazine rings is 1. The number of phenols is 2.